The van der Waals surface area contributed by atoms with Gasteiger partial charge >= 0.3 is 5.97 Å². The summed E-state index contributed by atoms with van der Waals surface area (Å²) in [6.07, 6.45) is 1.66. The van der Waals surface area contributed by atoms with Crippen LogP contribution in [0.15, 0.2) is 48.5 Å². The molecule has 2 aromatic carbocycles. The zero-order valence-electron chi connectivity index (χ0n) is 12.2. The first-order chi connectivity index (χ1) is 10.1. The lowest BCUT2D eigenvalue weighted by Crippen LogP contribution is -1.99. The molecule has 21 heavy (non-hydrogen) atoms. The van der Waals surface area contributed by atoms with Gasteiger partial charge in [-0.25, -0.2) is 4.79 Å². The third-order valence-electron chi connectivity index (χ3n) is 3.07. The van der Waals surface area contributed by atoms with Gasteiger partial charge in [0.25, 0.3) is 0 Å². The molecule has 0 heterocycles. The van der Waals surface area contributed by atoms with Crippen LogP contribution in [0.4, 0.5) is 0 Å². The fourth-order valence-corrected chi connectivity index (χ4v) is 2.03. The molecule has 0 aliphatic rings. The molecule has 0 aromatic heterocycles. The van der Waals surface area contributed by atoms with Crippen molar-refractivity contribution in [2.75, 3.05) is 6.61 Å². The number of carbonyl (C=O) groups is 1. The van der Waals surface area contributed by atoms with Gasteiger partial charge in [-0.3, -0.25) is 0 Å². The molecule has 108 valence electrons. The van der Waals surface area contributed by atoms with Crippen molar-refractivity contribution in [2.45, 2.75) is 13.8 Å². The number of aryl methyl sites for hydroxylation is 1. The number of benzene rings is 2. The van der Waals surface area contributed by atoms with Crippen LogP contribution >= 0.6 is 0 Å². The van der Waals surface area contributed by atoms with Crippen LogP contribution in [0.2, 0.25) is 0 Å². The second kappa shape index (κ2) is 6.75. The molecule has 1 N–H and O–H groups in total. The molecule has 0 amide bonds. The van der Waals surface area contributed by atoms with E-state index in [9.17, 15) is 9.90 Å². The predicted molar refractivity (Wildman–Crippen MR) is 84.3 cm³/mol. The van der Waals surface area contributed by atoms with Gasteiger partial charge in [0.1, 0.15) is 5.75 Å². The van der Waals surface area contributed by atoms with Crippen molar-refractivity contribution in [1.29, 1.82) is 0 Å². The monoisotopic (exact) mass is 282 g/mol. The van der Waals surface area contributed by atoms with Gasteiger partial charge in [0.15, 0.2) is 0 Å². The number of rotatable bonds is 5. The molecule has 0 aliphatic heterocycles. The zero-order chi connectivity index (χ0) is 15.2. The Hall–Kier alpha value is -2.55. The molecule has 0 aliphatic carbocycles. The molecule has 0 saturated carbocycles. The number of ether oxygens (including phenoxy) is 1. The zero-order valence-corrected chi connectivity index (χ0v) is 12.2. The van der Waals surface area contributed by atoms with Gasteiger partial charge in [-0.15, -0.1) is 0 Å². The van der Waals surface area contributed by atoms with E-state index in [2.05, 4.69) is 0 Å². The standard InChI is InChI=1S/C18H18O3/c1-3-21-16-6-4-5-14(11-16)12-17(18(19)20)15-9-7-13(2)8-10-15/h4-12H,3H2,1-2H3,(H,19,20)/b17-12-. The molecule has 3 nitrogen and oxygen atoms in total. The third-order valence-corrected chi connectivity index (χ3v) is 3.07. The first-order valence-corrected chi connectivity index (χ1v) is 6.85. The van der Waals surface area contributed by atoms with Crippen molar-refractivity contribution in [3.05, 3.63) is 65.2 Å². The summed E-state index contributed by atoms with van der Waals surface area (Å²) < 4.78 is 5.43. The quantitative estimate of drug-likeness (QED) is 0.665. The minimum atomic E-state index is -0.944. The van der Waals surface area contributed by atoms with E-state index in [1.54, 1.807) is 6.08 Å². The van der Waals surface area contributed by atoms with E-state index in [-0.39, 0.29) is 5.57 Å². The van der Waals surface area contributed by atoms with Crippen LogP contribution in [0.25, 0.3) is 11.6 Å². The van der Waals surface area contributed by atoms with Crippen LogP contribution in [0.3, 0.4) is 0 Å². The number of aliphatic carboxylic acids is 1. The number of hydrogen-bond donors (Lipinski definition) is 1. The highest BCUT2D eigenvalue weighted by Gasteiger charge is 2.10. The summed E-state index contributed by atoms with van der Waals surface area (Å²) in [7, 11) is 0. The van der Waals surface area contributed by atoms with Gasteiger partial charge in [0.2, 0.25) is 0 Å². The maximum absolute atomic E-state index is 11.5. The minimum Gasteiger partial charge on any atom is -0.494 e. The Bertz CT molecular complexity index is 654. The average molecular weight is 282 g/mol. The highest BCUT2D eigenvalue weighted by Crippen LogP contribution is 2.21. The van der Waals surface area contributed by atoms with Crippen molar-refractivity contribution in [2.24, 2.45) is 0 Å². The highest BCUT2D eigenvalue weighted by molar-refractivity contribution is 6.20. The summed E-state index contributed by atoms with van der Waals surface area (Å²) in [5.41, 5.74) is 2.86. The van der Waals surface area contributed by atoms with Crippen LogP contribution in [-0.2, 0) is 4.79 Å². The molecule has 2 aromatic rings. The van der Waals surface area contributed by atoms with Crippen LogP contribution in [0.1, 0.15) is 23.6 Å². The first-order valence-electron chi connectivity index (χ1n) is 6.85. The predicted octanol–water partition coefficient (Wildman–Crippen LogP) is 4.02. The van der Waals surface area contributed by atoms with Gasteiger partial charge < -0.3 is 9.84 Å². The molecule has 0 saturated heterocycles. The van der Waals surface area contributed by atoms with Crippen LogP contribution in [0, 0.1) is 6.92 Å². The fraction of sp³-hybridized carbons (Fsp3) is 0.167. The van der Waals surface area contributed by atoms with Crippen LogP contribution in [0.5, 0.6) is 5.75 Å². The van der Waals surface area contributed by atoms with E-state index in [4.69, 9.17) is 4.74 Å². The van der Waals surface area contributed by atoms with E-state index in [0.29, 0.717) is 12.2 Å². The maximum Gasteiger partial charge on any atom is 0.336 e. The topological polar surface area (TPSA) is 46.5 Å². The van der Waals surface area contributed by atoms with E-state index in [0.717, 1.165) is 16.9 Å². The summed E-state index contributed by atoms with van der Waals surface area (Å²) >= 11 is 0. The summed E-state index contributed by atoms with van der Waals surface area (Å²) in [4.78, 5) is 11.5. The Labute approximate surface area is 124 Å². The van der Waals surface area contributed by atoms with Crippen LogP contribution < -0.4 is 4.74 Å². The highest BCUT2D eigenvalue weighted by atomic mass is 16.5. The third kappa shape index (κ3) is 3.96. The first kappa shape index (κ1) is 14.9. The molecule has 0 atom stereocenters. The van der Waals surface area contributed by atoms with Crippen molar-refractivity contribution < 1.29 is 14.6 Å². The summed E-state index contributed by atoms with van der Waals surface area (Å²) in [5.74, 6) is -0.208. The second-order valence-electron chi connectivity index (χ2n) is 4.73. The molecule has 0 spiro atoms. The van der Waals surface area contributed by atoms with Gasteiger partial charge in [0.05, 0.1) is 12.2 Å². The molecular weight excluding hydrogens is 264 g/mol. The Kier molecular flexibility index (Phi) is 4.77. The number of carboxylic acid groups (broad SMARTS) is 1. The van der Waals surface area contributed by atoms with E-state index in [1.807, 2.05) is 62.4 Å². The van der Waals surface area contributed by atoms with E-state index in [1.165, 1.54) is 0 Å². The van der Waals surface area contributed by atoms with Crippen molar-refractivity contribution in [1.82, 2.24) is 0 Å². The van der Waals surface area contributed by atoms with Crippen LogP contribution in [-0.4, -0.2) is 17.7 Å². The summed E-state index contributed by atoms with van der Waals surface area (Å²) in [5, 5.41) is 9.43. The molecule has 0 unspecified atom stereocenters. The lowest BCUT2D eigenvalue weighted by atomic mass is 10.0. The lowest BCUT2D eigenvalue weighted by Gasteiger charge is -2.06. The van der Waals surface area contributed by atoms with E-state index >= 15 is 0 Å². The van der Waals surface area contributed by atoms with Gasteiger partial charge in [-0.1, -0.05) is 42.0 Å². The smallest absolute Gasteiger partial charge is 0.336 e. The van der Waals surface area contributed by atoms with Crippen molar-refractivity contribution in [3.63, 3.8) is 0 Å². The SMILES string of the molecule is CCOc1cccc(/C=C(\C(=O)O)c2ccc(C)cc2)c1. The largest absolute Gasteiger partial charge is 0.494 e. The molecule has 0 fully saturated rings. The molecule has 3 heteroatoms. The number of carboxylic acids is 1. The summed E-state index contributed by atoms with van der Waals surface area (Å²) in [6, 6.07) is 14.9. The minimum absolute atomic E-state index is 0.267. The Morgan fingerprint density at radius 1 is 1.19 bits per heavy atom. The van der Waals surface area contributed by atoms with E-state index < -0.39 is 5.97 Å². The maximum atomic E-state index is 11.5. The van der Waals surface area contributed by atoms with Crippen molar-refractivity contribution in [3.8, 4) is 5.75 Å². The normalized spacial score (nSPS) is 11.2. The molecule has 2 rings (SSSR count). The Morgan fingerprint density at radius 3 is 2.52 bits per heavy atom. The molecular formula is C18H18O3. The molecule has 0 bridgehead atoms. The van der Waals surface area contributed by atoms with Crippen molar-refractivity contribution >= 4 is 17.6 Å². The van der Waals surface area contributed by atoms with Gasteiger partial charge in [0, 0.05) is 0 Å². The lowest BCUT2D eigenvalue weighted by molar-refractivity contribution is -0.130. The number of hydrogen-bond acceptors (Lipinski definition) is 2. The average Bonchev–Trinajstić information content (AvgIpc) is 2.46. The Morgan fingerprint density at radius 2 is 1.90 bits per heavy atom. The molecule has 0 radical (unpaired) electrons. The fourth-order valence-electron chi connectivity index (χ4n) is 2.03. The van der Waals surface area contributed by atoms with Gasteiger partial charge in [-0.05, 0) is 43.2 Å². The second-order valence-corrected chi connectivity index (χ2v) is 4.73. The Balaban J connectivity index is 2.40. The van der Waals surface area contributed by atoms with Gasteiger partial charge in [-0.2, -0.15) is 0 Å². The summed E-state index contributed by atoms with van der Waals surface area (Å²) in [6.45, 7) is 4.47.